The van der Waals surface area contributed by atoms with E-state index in [-0.39, 0.29) is 17.0 Å². The van der Waals surface area contributed by atoms with Crippen molar-refractivity contribution in [2.75, 3.05) is 7.05 Å². The van der Waals surface area contributed by atoms with Crippen molar-refractivity contribution in [2.24, 2.45) is 7.05 Å². The lowest BCUT2D eigenvalue weighted by Crippen LogP contribution is -2.36. The normalized spacial score (nSPS) is 13.7. The van der Waals surface area contributed by atoms with Crippen LogP contribution in [0.1, 0.15) is 50.0 Å². The molecular formula is C17H22N4O2S. The summed E-state index contributed by atoms with van der Waals surface area (Å²) in [6.45, 7) is 4.01. The number of aryl methyl sites for hydroxylation is 4. The third-order valence-corrected chi connectivity index (χ3v) is 5.69. The highest BCUT2D eigenvalue weighted by Gasteiger charge is 2.23. The monoisotopic (exact) mass is 346 g/mol. The minimum absolute atomic E-state index is 0.203. The van der Waals surface area contributed by atoms with Crippen LogP contribution < -0.4 is 5.56 Å². The number of rotatable bonds is 3. The standard InChI is InChI=1S/C17H22N4O2S/c1-10-11(2)19-21(4)17(23)15(10)16(22)20(3)9-14-18-12-7-5-6-8-13(12)24-14/h5-9H2,1-4H3. The van der Waals surface area contributed by atoms with E-state index in [1.165, 1.54) is 28.1 Å². The molecule has 7 heteroatoms. The summed E-state index contributed by atoms with van der Waals surface area (Å²) < 4.78 is 1.23. The maximum Gasteiger partial charge on any atom is 0.279 e. The third kappa shape index (κ3) is 3.00. The van der Waals surface area contributed by atoms with E-state index in [1.54, 1.807) is 44.2 Å². The fraction of sp³-hybridized carbons (Fsp3) is 0.529. The first-order chi connectivity index (χ1) is 11.4. The molecule has 6 nitrogen and oxygen atoms in total. The van der Waals surface area contributed by atoms with Gasteiger partial charge in [0, 0.05) is 19.0 Å². The molecule has 1 aliphatic carbocycles. The van der Waals surface area contributed by atoms with E-state index < -0.39 is 0 Å². The molecule has 2 aromatic rings. The highest BCUT2D eigenvalue weighted by Crippen LogP contribution is 2.27. The lowest BCUT2D eigenvalue weighted by molar-refractivity contribution is 0.0781. The molecule has 2 aromatic heterocycles. The van der Waals surface area contributed by atoms with Crippen LogP contribution in [0.3, 0.4) is 0 Å². The molecule has 0 atom stereocenters. The van der Waals surface area contributed by atoms with Gasteiger partial charge < -0.3 is 4.90 Å². The van der Waals surface area contributed by atoms with Gasteiger partial charge in [-0.2, -0.15) is 5.10 Å². The largest absolute Gasteiger partial charge is 0.335 e. The van der Waals surface area contributed by atoms with Gasteiger partial charge in [0.1, 0.15) is 10.6 Å². The summed E-state index contributed by atoms with van der Waals surface area (Å²) in [5, 5.41) is 5.07. The second kappa shape index (κ2) is 6.47. The molecule has 1 amide bonds. The first kappa shape index (κ1) is 16.8. The van der Waals surface area contributed by atoms with Crippen molar-refractivity contribution in [2.45, 2.75) is 46.1 Å². The van der Waals surface area contributed by atoms with E-state index in [0.717, 1.165) is 17.8 Å². The Bertz CT molecular complexity index is 830. The van der Waals surface area contributed by atoms with Crippen LogP contribution in [0.25, 0.3) is 0 Å². The predicted octanol–water partition coefficient (Wildman–Crippen LogP) is 2.00. The van der Waals surface area contributed by atoms with Crippen LogP contribution in [-0.2, 0) is 26.4 Å². The van der Waals surface area contributed by atoms with Crippen LogP contribution in [-0.4, -0.2) is 32.6 Å². The number of fused-ring (bicyclic) bond motifs is 1. The molecule has 0 radical (unpaired) electrons. The lowest BCUT2D eigenvalue weighted by atomic mass is 10.0. The van der Waals surface area contributed by atoms with Crippen LogP contribution in [0.15, 0.2) is 4.79 Å². The quantitative estimate of drug-likeness (QED) is 0.852. The topological polar surface area (TPSA) is 68.1 Å². The number of hydrogen-bond donors (Lipinski definition) is 0. The van der Waals surface area contributed by atoms with E-state index in [2.05, 4.69) is 10.1 Å². The molecule has 0 saturated heterocycles. The summed E-state index contributed by atoms with van der Waals surface area (Å²) >= 11 is 1.69. The van der Waals surface area contributed by atoms with Crippen molar-refractivity contribution in [1.29, 1.82) is 0 Å². The summed E-state index contributed by atoms with van der Waals surface area (Å²) in [6.07, 6.45) is 4.53. The maximum absolute atomic E-state index is 12.8. The van der Waals surface area contributed by atoms with Crippen molar-refractivity contribution in [3.05, 3.63) is 42.8 Å². The molecule has 24 heavy (non-hydrogen) atoms. The van der Waals surface area contributed by atoms with Crippen LogP contribution in [0.5, 0.6) is 0 Å². The lowest BCUT2D eigenvalue weighted by Gasteiger charge is -2.17. The Balaban J connectivity index is 1.85. The van der Waals surface area contributed by atoms with Gasteiger partial charge in [-0.25, -0.2) is 9.67 Å². The zero-order chi connectivity index (χ0) is 17.4. The highest BCUT2D eigenvalue weighted by atomic mass is 32.1. The van der Waals surface area contributed by atoms with E-state index >= 15 is 0 Å². The number of aromatic nitrogens is 3. The van der Waals surface area contributed by atoms with E-state index in [9.17, 15) is 9.59 Å². The number of carbonyl (C=O) groups is 1. The first-order valence-electron chi connectivity index (χ1n) is 8.16. The summed E-state index contributed by atoms with van der Waals surface area (Å²) in [5.41, 5.74) is 2.38. The smallest absolute Gasteiger partial charge is 0.279 e. The van der Waals surface area contributed by atoms with Gasteiger partial charge >= 0.3 is 0 Å². The van der Waals surface area contributed by atoms with Gasteiger partial charge in [-0.05, 0) is 45.1 Å². The second-order valence-electron chi connectivity index (χ2n) is 6.36. The number of carbonyl (C=O) groups excluding carboxylic acids is 1. The summed E-state index contributed by atoms with van der Waals surface area (Å²) in [7, 11) is 3.29. The Labute approximate surface area is 145 Å². The Morgan fingerprint density at radius 2 is 2.00 bits per heavy atom. The van der Waals surface area contributed by atoms with Crippen LogP contribution in [0.2, 0.25) is 0 Å². The van der Waals surface area contributed by atoms with E-state index in [0.29, 0.717) is 17.8 Å². The summed E-state index contributed by atoms with van der Waals surface area (Å²) in [5.74, 6) is -0.272. The average Bonchev–Trinajstić information content (AvgIpc) is 2.95. The molecule has 0 unspecified atom stereocenters. The van der Waals surface area contributed by atoms with Crippen molar-refractivity contribution in [1.82, 2.24) is 19.7 Å². The Kier molecular flexibility index (Phi) is 4.54. The zero-order valence-electron chi connectivity index (χ0n) is 14.5. The van der Waals surface area contributed by atoms with Crippen molar-refractivity contribution in [3.63, 3.8) is 0 Å². The van der Waals surface area contributed by atoms with Gasteiger partial charge in [-0.3, -0.25) is 9.59 Å². The highest BCUT2D eigenvalue weighted by molar-refractivity contribution is 7.11. The van der Waals surface area contributed by atoms with Gasteiger partial charge in [0.2, 0.25) is 0 Å². The fourth-order valence-electron chi connectivity index (χ4n) is 3.04. The van der Waals surface area contributed by atoms with Crippen molar-refractivity contribution >= 4 is 17.2 Å². The molecule has 3 rings (SSSR count). The molecule has 0 saturated carbocycles. The van der Waals surface area contributed by atoms with Crippen molar-refractivity contribution < 1.29 is 4.79 Å². The molecule has 1 aliphatic rings. The Morgan fingerprint density at radius 3 is 2.71 bits per heavy atom. The number of thiazole rings is 1. The number of amides is 1. The molecule has 0 aliphatic heterocycles. The minimum atomic E-state index is -0.353. The molecule has 2 heterocycles. The average molecular weight is 346 g/mol. The van der Waals surface area contributed by atoms with Gasteiger partial charge in [-0.1, -0.05) is 0 Å². The van der Waals surface area contributed by atoms with Gasteiger partial charge in [-0.15, -0.1) is 11.3 Å². The van der Waals surface area contributed by atoms with Gasteiger partial charge in [0.15, 0.2) is 0 Å². The van der Waals surface area contributed by atoms with Crippen LogP contribution >= 0.6 is 11.3 Å². The molecule has 0 bridgehead atoms. The van der Waals surface area contributed by atoms with Crippen molar-refractivity contribution in [3.8, 4) is 0 Å². The molecule has 0 fully saturated rings. The minimum Gasteiger partial charge on any atom is -0.335 e. The summed E-state index contributed by atoms with van der Waals surface area (Å²) in [4.78, 5) is 32.7. The third-order valence-electron chi connectivity index (χ3n) is 4.55. The number of hydrogen-bond acceptors (Lipinski definition) is 5. The van der Waals surface area contributed by atoms with Gasteiger partial charge in [0.05, 0.1) is 17.9 Å². The molecule has 128 valence electrons. The van der Waals surface area contributed by atoms with Gasteiger partial charge in [0.25, 0.3) is 11.5 Å². The molecule has 0 N–H and O–H groups in total. The zero-order valence-corrected chi connectivity index (χ0v) is 15.4. The molecule has 0 aromatic carbocycles. The van der Waals surface area contributed by atoms with Crippen LogP contribution in [0, 0.1) is 13.8 Å². The maximum atomic E-state index is 12.8. The molecule has 0 spiro atoms. The first-order valence-corrected chi connectivity index (χ1v) is 8.97. The fourth-order valence-corrected chi connectivity index (χ4v) is 4.25. The molecular weight excluding hydrogens is 324 g/mol. The Morgan fingerprint density at radius 1 is 1.29 bits per heavy atom. The number of nitrogens with zero attached hydrogens (tertiary/aromatic N) is 4. The predicted molar refractivity (Wildman–Crippen MR) is 93.5 cm³/mol. The second-order valence-corrected chi connectivity index (χ2v) is 7.53. The van der Waals surface area contributed by atoms with E-state index in [1.807, 2.05) is 0 Å². The van der Waals surface area contributed by atoms with Crippen LogP contribution in [0.4, 0.5) is 0 Å². The van der Waals surface area contributed by atoms with E-state index in [4.69, 9.17) is 0 Å². The SMILES string of the molecule is Cc1nn(C)c(=O)c(C(=O)N(C)Cc2nc3c(s2)CCCC3)c1C. The Hall–Kier alpha value is -2.02. The summed E-state index contributed by atoms with van der Waals surface area (Å²) in [6, 6.07) is 0.